The van der Waals surface area contributed by atoms with Crippen LogP contribution in [0.5, 0.6) is 0 Å². The minimum atomic E-state index is 0.614. The third-order valence-electron chi connectivity index (χ3n) is 3.65. The fourth-order valence-corrected chi connectivity index (χ4v) is 2.97. The third-order valence-corrected chi connectivity index (χ3v) is 3.65. The highest BCUT2D eigenvalue weighted by molar-refractivity contribution is 5.42. The zero-order valence-corrected chi connectivity index (χ0v) is 8.50. The summed E-state index contributed by atoms with van der Waals surface area (Å²) in [5.41, 5.74) is 3.31. The van der Waals surface area contributed by atoms with E-state index in [1.165, 1.54) is 32.1 Å². The number of hydrogen-bond donors (Lipinski definition) is 1. The summed E-state index contributed by atoms with van der Waals surface area (Å²) in [6, 6.07) is 1.32. The number of allylic oxidation sites excluding steroid dienone is 2. The number of rotatable bonds is 0. The minimum absolute atomic E-state index is 0.614. The van der Waals surface area contributed by atoms with Gasteiger partial charge in [-0.1, -0.05) is 30.7 Å². The largest absolute Gasteiger partial charge is 0.303 e. The zero-order chi connectivity index (χ0) is 9.38. The maximum Gasteiger partial charge on any atom is 0.0360 e. The first kappa shape index (κ1) is 8.49. The summed E-state index contributed by atoms with van der Waals surface area (Å²) in [5.74, 6) is 0. The van der Waals surface area contributed by atoms with Crippen LogP contribution in [0, 0.1) is 0 Å². The lowest BCUT2D eigenvalue weighted by Gasteiger charge is -2.21. The molecule has 1 heteroatoms. The van der Waals surface area contributed by atoms with Crippen LogP contribution in [0.1, 0.15) is 32.1 Å². The molecule has 2 aliphatic carbocycles. The van der Waals surface area contributed by atoms with Crippen LogP contribution in [0.2, 0.25) is 0 Å². The minimum Gasteiger partial charge on any atom is -0.303 e. The summed E-state index contributed by atoms with van der Waals surface area (Å²) in [5, 5.41) is 3.76. The average Bonchev–Trinajstić information content (AvgIpc) is 2.42. The van der Waals surface area contributed by atoms with E-state index in [0.29, 0.717) is 12.1 Å². The first-order valence-electron chi connectivity index (χ1n) is 5.77. The lowest BCUT2D eigenvalue weighted by Crippen LogP contribution is -2.33. The molecule has 1 aliphatic heterocycles. The Labute approximate surface area is 85.6 Å². The fraction of sp³-hybridized carbons (Fsp3) is 0.538. The number of fused-ring (bicyclic) bond motifs is 2. The van der Waals surface area contributed by atoms with Crippen molar-refractivity contribution in [1.82, 2.24) is 5.32 Å². The molecule has 1 N–H and O–H groups in total. The molecule has 1 fully saturated rings. The molecule has 1 saturated carbocycles. The van der Waals surface area contributed by atoms with E-state index in [9.17, 15) is 0 Å². The van der Waals surface area contributed by atoms with Crippen molar-refractivity contribution in [2.75, 3.05) is 0 Å². The molecular weight excluding hydrogens is 170 g/mol. The molecule has 2 unspecified atom stereocenters. The van der Waals surface area contributed by atoms with E-state index >= 15 is 0 Å². The molecule has 0 aromatic rings. The van der Waals surface area contributed by atoms with Crippen LogP contribution in [0.3, 0.4) is 0 Å². The summed E-state index contributed by atoms with van der Waals surface area (Å²) >= 11 is 0. The molecule has 3 aliphatic rings. The van der Waals surface area contributed by atoms with E-state index in [4.69, 9.17) is 0 Å². The van der Waals surface area contributed by atoms with Crippen molar-refractivity contribution in [3.63, 3.8) is 0 Å². The van der Waals surface area contributed by atoms with Gasteiger partial charge in [0.1, 0.15) is 0 Å². The van der Waals surface area contributed by atoms with E-state index in [2.05, 4.69) is 29.6 Å². The Hall–Kier alpha value is -0.820. The molecular formula is C13H17N. The van der Waals surface area contributed by atoms with Gasteiger partial charge in [0, 0.05) is 12.1 Å². The van der Waals surface area contributed by atoms with Crippen molar-refractivity contribution in [1.29, 1.82) is 0 Å². The van der Waals surface area contributed by atoms with Crippen LogP contribution in [-0.2, 0) is 0 Å². The molecule has 0 aromatic carbocycles. The second-order valence-corrected chi connectivity index (χ2v) is 4.52. The Balaban J connectivity index is 1.96. The summed E-state index contributed by atoms with van der Waals surface area (Å²) in [6.07, 6.45) is 15.6. The molecule has 74 valence electrons. The van der Waals surface area contributed by atoms with Crippen molar-refractivity contribution >= 4 is 0 Å². The highest BCUT2D eigenvalue weighted by atomic mass is 15.0. The second kappa shape index (κ2) is 3.39. The first-order chi connectivity index (χ1) is 6.95. The number of hydrogen-bond acceptors (Lipinski definition) is 1. The highest BCUT2D eigenvalue weighted by Gasteiger charge is 2.32. The van der Waals surface area contributed by atoms with Crippen molar-refractivity contribution in [2.45, 2.75) is 44.2 Å². The summed E-state index contributed by atoms with van der Waals surface area (Å²) in [4.78, 5) is 0. The number of nitrogens with one attached hydrogen (secondary N) is 1. The first-order valence-corrected chi connectivity index (χ1v) is 5.77. The van der Waals surface area contributed by atoms with Gasteiger partial charge in [0.25, 0.3) is 0 Å². The molecule has 1 nitrogen and oxygen atoms in total. The van der Waals surface area contributed by atoms with Crippen LogP contribution in [0.25, 0.3) is 0 Å². The van der Waals surface area contributed by atoms with Gasteiger partial charge in [0.15, 0.2) is 0 Å². The molecule has 3 rings (SSSR count). The van der Waals surface area contributed by atoms with E-state index < -0.39 is 0 Å². The topological polar surface area (TPSA) is 12.0 Å². The van der Waals surface area contributed by atoms with Crippen LogP contribution >= 0.6 is 0 Å². The molecule has 1 heterocycles. The van der Waals surface area contributed by atoms with E-state index in [1.54, 1.807) is 11.1 Å². The highest BCUT2D eigenvalue weighted by Crippen LogP contribution is 2.35. The molecule has 0 saturated heterocycles. The quantitative estimate of drug-likeness (QED) is 0.615. The van der Waals surface area contributed by atoms with E-state index in [0.717, 1.165) is 0 Å². The Morgan fingerprint density at radius 1 is 1.14 bits per heavy atom. The Bertz CT molecular complexity index is 322. The molecule has 0 aromatic heterocycles. The van der Waals surface area contributed by atoms with Crippen molar-refractivity contribution < 1.29 is 0 Å². The van der Waals surface area contributed by atoms with Crippen LogP contribution in [0.4, 0.5) is 0 Å². The summed E-state index contributed by atoms with van der Waals surface area (Å²) in [7, 11) is 0. The van der Waals surface area contributed by atoms with Crippen LogP contribution in [-0.4, -0.2) is 12.1 Å². The molecule has 0 spiro atoms. The third kappa shape index (κ3) is 1.27. The smallest absolute Gasteiger partial charge is 0.0360 e. The van der Waals surface area contributed by atoms with Gasteiger partial charge in [-0.05, 0) is 36.8 Å². The Morgan fingerprint density at radius 2 is 2.14 bits per heavy atom. The van der Waals surface area contributed by atoms with Crippen molar-refractivity contribution in [2.24, 2.45) is 0 Å². The molecule has 2 atom stereocenters. The lowest BCUT2D eigenvalue weighted by atomic mass is 9.89. The van der Waals surface area contributed by atoms with Crippen LogP contribution < -0.4 is 5.32 Å². The predicted molar refractivity (Wildman–Crippen MR) is 59.1 cm³/mol. The zero-order valence-electron chi connectivity index (χ0n) is 8.50. The predicted octanol–water partition coefficient (Wildman–Crippen LogP) is 2.71. The van der Waals surface area contributed by atoms with E-state index in [-0.39, 0.29) is 0 Å². The molecule has 0 radical (unpaired) electrons. The van der Waals surface area contributed by atoms with Gasteiger partial charge in [-0.15, -0.1) is 0 Å². The summed E-state index contributed by atoms with van der Waals surface area (Å²) < 4.78 is 0. The van der Waals surface area contributed by atoms with Crippen molar-refractivity contribution in [3.05, 3.63) is 35.5 Å². The fourth-order valence-electron chi connectivity index (χ4n) is 2.97. The van der Waals surface area contributed by atoms with Gasteiger partial charge in [0.05, 0.1) is 0 Å². The standard InChI is InChI=1S/C13H17N/c1-2-6-10-11-7-4-5-9-13(11)14-12(10)8-3-1/h1-3,6,12-14H,4-5,7-9H2. The summed E-state index contributed by atoms with van der Waals surface area (Å²) in [6.45, 7) is 0. The Morgan fingerprint density at radius 3 is 3.14 bits per heavy atom. The monoisotopic (exact) mass is 187 g/mol. The molecule has 0 bridgehead atoms. The van der Waals surface area contributed by atoms with Crippen LogP contribution in [0.15, 0.2) is 35.5 Å². The molecule has 14 heavy (non-hydrogen) atoms. The normalized spacial score (nSPS) is 35.4. The van der Waals surface area contributed by atoms with Gasteiger partial charge in [0.2, 0.25) is 0 Å². The lowest BCUT2D eigenvalue weighted by molar-refractivity contribution is 0.464. The Kier molecular flexibility index (Phi) is 2.06. The van der Waals surface area contributed by atoms with Gasteiger partial charge in [-0.3, -0.25) is 0 Å². The molecule has 0 amide bonds. The SMILES string of the molecule is C1=CCC2NC3CCCCC3=C2C=C1. The van der Waals surface area contributed by atoms with Crippen molar-refractivity contribution in [3.8, 4) is 0 Å². The van der Waals surface area contributed by atoms with Gasteiger partial charge >= 0.3 is 0 Å². The van der Waals surface area contributed by atoms with Gasteiger partial charge in [-0.2, -0.15) is 0 Å². The average molecular weight is 187 g/mol. The van der Waals surface area contributed by atoms with Gasteiger partial charge in [-0.25, -0.2) is 0 Å². The van der Waals surface area contributed by atoms with E-state index in [1.807, 2.05) is 0 Å². The maximum absolute atomic E-state index is 3.76. The maximum atomic E-state index is 3.76. The van der Waals surface area contributed by atoms with Gasteiger partial charge < -0.3 is 5.32 Å². The second-order valence-electron chi connectivity index (χ2n) is 4.52.